The third kappa shape index (κ3) is 11.7. The molecule has 23 heavy (non-hydrogen) atoms. The van der Waals surface area contributed by atoms with Crippen molar-refractivity contribution in [1.82, 2.24) is 0 Å². The van der Waals surface area contributed by atoms with Gasteiger partial charge in [0.15, 0.2) is 0 Å². The summed E-state index contributed by atoms with van der Waals surface area (Å²) < 4.78 is 4.67. The lowest BCUT2D eigenvalue weighted by molar-refractivity contribution is -0.138. The summed E-state index contributed by atoms with van der Waals surface area (Å²) in [7, 11) is 0. The predicted molar refractivity (Wildman–Crippen MR) is 92.9 cm³/mol. The van der Waals surface area contributed by atoms with Crippen molar-refractivity contribution in [3.63, 3.8) is 0 Å². The molecule has 0 amide bonds. The Morgan fingerprint density at radius 2 is 1.91 bits per heavy atom. The Balaban J connectivity index is 0.000000468. The van der Waals surface area contributed by atoms with Crippen LogP contribution in [0, 0.1) is 0 Å². The number of carboxylic acid groups (broad SMARTS) is 1. The lowest BCUT2D eigenvalue weighted by atomic mass is 10.1. The highest BCUT2D eigenvalue weighted by Crippen LogP contribution is 2.05. The molecular formula is C19H24O4. The molecular weight excluding hydrogens is 292 g/mol. The molecule has 0 bridgehead atoms. The first-order chi connectivity index (χ1) is 11.0. The van der Waals surface area contributed by atoms with Gasteiger partial charge in [0.05, 0.1) is 6.61 Å². The monoisotopic (exact) mass is 316 g/mol. The quantitative estimate of drug-likeness (QED) is 0.442. The molecule has 0 aliphatic carbocycles. The summed E-state index contributed by atoms with van der Waals surface area (Å²) in [4.78, 5) is 20.8. The van der Waals surface area contributed by atoms with E-state index in [1.54, 1.807) is 6.08 Å². The Labute approximate surface area is 137 Å². The van der Waals surface area contributed by atoms with E-state index in [0.717, 1.165) is 18.4 Å². The summed E-state index contributed by atoms with van der Waals surface area (Å²) in [5.74, 6) is -1.27. The van der Waals surface area contributed by atoms with E-state index in [0.29, 0.717) is 13.0 Å². The van der Waals surface area contributed by atoms with Gasteiger partial charge in [-0.25, -0.2) is 9.59 Å². The maximum absolute atomic E-state index is 10.4. The minimum atomic E-state index is -0.942. The van der Waals surface area contributed by atoms with Crippen LogP contribution in [0.25, 0.3) is 6.08 Å². The van der Waals surface area contributed by atoms with Crippen molar-refractivity contribution in [1.29, 1.82) is 0 Å². The van der Waals surface area contributed by atoms with Crippen molar-refractivity contribution < 1.29 is 19.4 Å². The average molecular weight is 316 g/mol. The zero-order valence-electron chi connectivity index (χ0n) is 13.5. The molecule has 0 fully saturated rings. The Hall–Kier alpha value is -2.62. The van der Waals surface area contributed by atoms with Crippen LogP contribution in [0.4, 0.5) is 0 Å². The van der Waals surface area contributed by atoms with Gasteiger partial charge in [-0.05, 0) is 18.4 Å². The van der Waals surface area contributed by atoms with Gasteiger partial charge in [-0.2, -0.15) is 0 Å². The van der Waals surface area contributed by atoms with E-state index < -0.39 is 5.97 Å². The Kier molecular flexibility index (Phi) is 11.6. The van der Waals surface area contributed by atoms with Crippen LogP contribution in [-0.4, -0.2) is 23.7 Å². The number of esters is 1. The molecule has 0 saturated heterocycles. The molecule has 0 aliphatic heterocycles. The standard InChI is InChI=1S/C12H12O2.C7H12O2/c1-10(12(13)14)6-5-9-11-7-3-2-4-8-11;1-3-5-6-9-7(8)4-2/h2-5,7-9H,1,6H2,(H,13,14);4H,2-3,5-6H2,1H3. The van der Waals surface area contributed by atoms with E-state index in [4.69, 9.17) is 5.11 Å². The van der Waals surface area contributed by atoms with Crippen molar-refractivity contribution in [2.45, 2.75) is 26.2 Å². The molecule has 0 aromatic heterocycles. The first-order valence-corrected chi connectivity index (χ1v) is 7.43. The molecule has 0 atom stereocenters. The number of rotatable bonds is 8. The molecule has 1 aromatic carbocycles. The summed E-state index contributed by atoms with van der Waals surface area (Å²) in [6, 6.07) is 9.73. The molecule has 0 spiro atoms. The van der Waals surface area contributed by atoms with E-state index in [9.17, 15) is 9.59 Å². The SMILES string of the molecule is C=C(CC=Cc1ccccc1)C(=O)O.C=CC(=O)OCCCC. The summed E-state index contributed by atoms with van der Waals surface area (Å²) in [6.45, 7) is 9.26. The Bertz CT molecular complexity index is 530. The lowest BCUT2D eigenvalue weighted by Crippen LogP contribution is -2.00. The van der Waals surface area contributed by atoms with Crippen LogP contribution in [0.2, 0.25) is 0 Å². The van der Waals surface area contributed by atoms with E-state index in [2.05, 4.69) is 17.9 Å². The summed E-state index contributed by atoms with van der Waals surface area (Å²) in [6.07, 6.45) is 7.21. The maximum atomic E-state index is 10.4. The van der Waals surface area contributed by atoms with Crippen LogP contribution in [0.3, 0.4) is 0 Å². The largest absolute Gasteiger partial charge is 0.478 e. The van der Waals surface area contributed by atoms with Crippen LogP contribution >= 0.6 is 0 Å². The van der Waals surface area contributed by atoms with Crippen LogP contribution < -0.4 is 0 Å². The topological polar surface area (TPSA) is 63.6 Å². The number of allylic oxidation sites excluding steroid dienone is 1. The highest BCUT2D eigenvalue weighted by Gasteiger charge is 1.99. The Morgan fingerprint density at radius 1 is 1.26 bits per heavy atom. The Morgan fingerprint density at radius 3 is 2.43 bits per heavy atom. The molecule has 4 nitrogen and oxygen atoms in total. The third-order valence-corrected chi connectivity index (χ3v) is 2.69. The van der Waals surface area contributed by atoms with Crippen molar-refractivity contribution in [3.05, 3.63) is 66.8 Å². The number of carboxylic acids is 1. The maximum Gasteiger partial charge on any atom is 0.331 e. The first kappa shape index (κ1) is 20.4. The summed E-state index contributed by atoms with van der Waals surface area (Å²) in [5, 5.41) is 8.55. The smallest absolute Gasteiger partial charge is 0.331 e. The van der Waals surface area contributed by atoms with E-state index in [1.807, 2.05) is 43.3 Å². The van der Waals surface area contributed by atoms with Gasteiger partial charge in [-0.3, -0.25) is 0 Å². The van der Waals surface area contributed by atoms with Crippen molar-refractivity contribution >= 4 is 18.0 Å². The number of aliphatic carboxylic acids is 1. The summed E-state index contributed by atoms with van der Waals surface area (Å²) >= 11 is 0. The number of carbonyl (C=O) groups excluding carboxylic acids is 1. The van der Waals surface area contributed by atoms with Gasteiger partial charge in [0.25, 0.3) is 0 Å². The highest BCUT2D eigenvalue weighted by atomic mass is 16.5. The van der Waals surface area contributed by atoms with Crippen molar-refractivity contribution in [2.75, 3.05) is 6.61 Å². The number of ether oxygens (including phenoxy) is 1. The second-order valence-corrected chi connectivity index (χ2v) is 4.65. The van der Waals surface area contributed by atoms with Gasteiger partial charge in [0.2, 0.25) is 0 Å². The van der Waals surface area contributed by atoms with Crippen LogP contribution in [0.5, 0.6) is 0 Å². The number of hydrogen-bond donors (Lipinski definition) is 1. The molecule has 0 aliphatic rings. The third-order valence-electron chi connectivity index (χ3n) is 2.69. The molecule has 0 unspecified atom stereocenters. The molecule has 1 rings (SSSR count). The second kappa shape index (κ2) is 13.1. The molecule has 0 radical (unpaired) electrons. The fraction of sp³-hybridized carbons (Fsp3) is 0.263. The molecule has 4 heteroatoms. The zero-order chi connectivity index (χ0) is 17.5. The zero-order valence-corrected chi connectivity index (χ0v) is 13.5. The number of unbranched alkanes of at least 4 members (excludes halogenated alkanes) is 1. The van der Waals surface area contributed by atoms with E-state index >= 15 is 0 Å². The normalized spacial score (nSPS) is 9.61. The molecule has 0 saturated carbocycles. The van der Waals surface area contributed by atoms with Gasteiger partial charge >= 0.3 is 11.9 Å². The number of carbonyl (C=O) groups is 2. The van der Waals surface area contributed by atoms with E-state index in [-0.39, 0.29) is 11.5 Å². The van der Waals surface area contributed by atoms with Crippen LogP contribution in [-0.2, 0) is 14.3 Å². The highest BCUT2D eigenvalue weighted by molar-refractivity contribution is 5.86. The minimum absolute atomic E-state index is 0.206. The van der Waals surface area contributed by atoms with Crippen LogP contribution in [0.1, 0.15) is 31.7 Å². The fourth-order valence-electron chi connectivity index (χ4n) is 1.36. The lowest BCUT2D eigenvalue weighted by Gasteiger charge is -1.97. The van der Waals surface area contributed by atoms with Gasteiger partial charge in [0.1, 0.15) is 0 Å². The van der Waals surface area contributed by atoms with Crippen LogP contribution in [0.15, 0.2) is 61.2 Å². The molecule has 1 aromatic rings. The number of hydrogen-bond acceptors (Lipinski definition) is 3. The van der Waals surface area contributed by atoms with Gasteiger partial charge in [-0.1, -0.05) is 69.0 Å². The molecule has 0 heterocycles. The first-order valence-electron chi connectivity index (χ1n) is 7.43. The predicted octanol–water partition coefficient (Wildman–Crippen LogP) is 4.25. The van der Waals surface area contributed by atoms with E-state index in [1.165, 1.54) is 6.08 Å². The minimum Gasteiger partial charge on any atom is -0.478 e. The van der Waals surface area contributed by atoms with Crippen molar-refractivity contribution in [3.8, 4) is 0 Å². The fourth-order valence-corrected chi connectivity index (χ4v) is 1.36. The van der Waals surface area contributed by atoms with Gasteiger partial charge in [0, 0.05) is 11.6 Å². The van der Waals surface area contributed by atoms with Crippen molar-refractivity contribution in [2.24, 2.45) is 0 Å². The second-order valence-electron chi connectivity index (χ2n) is 4.65. The van der Waals surface area contributed by atoms with Gasteiger partial charge in [-0.15, -0.1) is 0 Å². The molecule has 1 N–H and O–H groups in total. The molecule has 124 valence electrons. The average Bonchev–Trinajstić information content (AvgIpc) is 2.56. The summed E-state index contributed by atoms with van der Waals surface area (Å²) in [5.41, 5.74) is 1.27. The number of benzene rings is 1. The van der Waals surface area contributed by atoms with Gasteiger partial charge < -0.3 is 9.84 Å².